The van der Waals surface area contributed by atoms with Crippen molar-refractivity contribution in [3.63, 3.8) is 0 Å². The van der Waals surface area contributed by atoms with Gasteiger partial charge in [0.25, 0.3) is 0 Å². The van der Waals surface area contributed by atoms with E-state index in [2.05, 4.69) is 11.9 Å². The number of aliphatic hydroxyl groups is 2. The Morgan fingerprint density at radius 2 is 1.71 bits per heavy atom. The van der Waals surface area contributed by atoms with Gasteiger partial charge in [-0.25, -0.2) is 14.4 Å². The van der Waals surface area contributed by atoms with Gasteiger partial charge in [0.05, 0.1) is 47.4 Å². The van der Waals surface area contributed by atoms with E-state index in [1.165, 1.54) is 6.92 Å². The summed E-state index contributed by atoms with van der Waals surface area (Å²) in [5.41, 5.74) is -4.92. The number of amides is 1. The van der Waals surface area contributed by atoms with Crippen molar-refractivity contribution in [1.82, 2.24) is 5.32 Å². The summed E-state index contributed by atoms with van der Waals surface area (Å²) < 4.78 is 44.4. The lowest BCUT2D eigenvalue weighted by Crippen LogP contribution is -2.80. The number of carbonyl (C=O) groups excluding carboxylic acids is 4. The third kappa shape index (κ3) is 7.73. The van der Waals surface area contributed by atoms with Crippen LogP contribution in [0.5, 0.6) is 0 Å². The molecule has 1 amide bonds. The molecule has 1 aromatic rings. The largest absolute Gasteiger partial charge is 0.457 e. The highest BCUT2D eigenvalue weighted by Crippen LogP contribution is 2.70. The van der Waals surface area contributed by atoms with Gasteiger partial charge in [0.1, 0.15) is 23.9 Å². The Bertz CT molecular complexity index is 1830. The van der Waals surface area contributed by atoms with Crippen molar-refractivity contribution in [2.45, 2.75) is 161 Å². The average Bonchev–Trinajstić information content (AvgIpc) is 3.39. The van der Waals surface area contributed by atoms with Crippen LogP contribution < -0.4 is 5.32 Å². The summed E-state index contributed by atoms with van der Waals surface area (Å²) in [7, 11) is 0. The Morgan fingerprint density at radius 3 is 2.25 bits per heavy atom. The fourth-order valence-corrected chi connectivity index (χ4v) is 11.1. The highest BCUT2D eigenvalue weighted by molar-refractivity contribution is 5.89. The lowest BCUT2D eigenvalue weighted by Gasteiger charge is -2.67. The van der Waals surface area contributed by atoms with E-state index in [4.69, 9.17) is 33.2 Å². The van der Waals surface area contributed by atoms with Crippen molar-refractivity contribution in [1.29, 1.82) is 0 Å². The maximum Gasteiger partial charge on any atom is 0.407 e. The van der Waals surface area contributed by atoms with Gasteiger partial charge in [0.15, 0.2) is 18.0 Å². The molecule has 4 fully saturated rings. The molecule has 2 heterocycles. The standard InChI is InChI=1S/C45H63NO13/c1-13-32-55-30-20-31-45(22-53-31,58-26(6)47)35-37(57-38(49)27-17-15-14-16-18-27)44(42(10,11)52)21-29(24(4)33(44)25(5)36(56-32)43(30,35)12)54-39(50)34(48)28(19-23(2)3)46-40(51)59-41(7,8)9/h13-18,23,25,28-32,34-37,48,52H,1,19-22H2,2-12H3,(H,46,51)/t25-,28-,29-,30-,31+,32-,34+,35-,36?,37-,43+,44-,45-/m0/s1. The minimum absolute atomic E-state index is 0.0118. The summed E-state index contributed by atoms with van der Waals surface area (Å²) in [6.07, 6.45) is -5.55. The number of fused-ring (bicyclic) bond motifs is 3. The molecular formula is C45H63NO13. The zero-order chi connectivity index (χ0) is 43.6. The Labute approximate surface area is 347 Å². The van der Waals surface area contributed by atoms with Crippen LogP contribution in [0.15, 0.2) is 54.1 Å². The molecule has 326 valence electrons. The molecule has 59 heavy (non-hydrogen) atoms. The number of benzene rings is 1. The number of nitrogens with one attached hydrogen (secondary N) is 1. The summed E-state index contributed by atoms with van der Waals surface area (Å²) in [4.78, 5) is 54.6. The Balaban J connectivity index is 1.52. The predicted octanol–water partition coefficient (Wildman–Crippen LogP) is 5.57. The molecule has 0 bridgehead atoms. The molecule has 6 rings (SSSR count). The summed E-state index contributed by atoms with van der Waals surface area (Å²) >= 11 is 0. The van der Waals surface area contributed by atoms with E-state index in [0.29, 0.717) is 17.6 Å². The Morgan fingerprint density at radius 1 is 1.05 bits per heavy atom. The number of aliphatic hydroxyl groups excluding tert-OH is 1. The van der Waals surface area contributed by atoms with E-state index in [1.807, 2.05) is 27.7 Å². The van der Waals surface area contributed by atoms with Crippen LogP contribution in [0.2, 0.25) is 0 Å². The van der Waals surface area contributed by atoms with E-state index in [-0.39, 0.29) is 30.9 Å². The second-order valence-electron chi connectivity index (χ2n) is 19.3. The predicted molar refractivity (Wildman–Crippen MR) is 214 cm³/mol. The van der Waals surface area contributed by atoms with Crippen LogP contribution >= 0.6 is 0 Å². The molecule has 0 radical (unpaired) electrons. The van der Waals surface area contributed by atoms with Gasteiger partial charge in [-0.3, -0.25) is 4.79 Å². The van der Waals surface area contributed by atoms with E-state index in [0.717, 1.165) is 0 Å². The smallest absolute Gasteiger partial charge is 0.407 e. The van der Waals surface area contributed by atoms with E-state index in [1.54, 1.807) is 78.0 Å². The lowest BCUT2D eigenvalue weighted by molar-refractivity contribution is -0.391. The average molecular weight is 826 g/mol. The second-order valence-corrected chi connectivity index (χ2v) is 19.3. The van der Waals surface area contributed by atoms with Crippen LogP contribution in [0.3, 0.4) is 0 Å². The van der Waals surface area contributed by atoms with Gasteiger partial charge in [-0.15, -0.1) is 0 Å². The summed E-state index contributed by atoms with van der Waals surface area (Å²) in [6.45, 7) is 23.2. The fourth-order valence-electron chi connectivity index (χ4n) is 11.1. The van der Waals surface area contributed by atoms with Crippen LogP contribution in [0.25, 0.3) is 0 Å². The first-order valence-corrected chi connectivity index (χ1v) is 20.7. The zero-order valence-corrected chi connectivity index (χ0v) is 36.2. The van der Waals surface area contributed by atoms with Crippen molar-refractivity contribution in [2.75, 3.05) is 6.61 Å². The summed E-state index contributed by atoms with van der Waals surface area (Å²) in [5, 5.41) is 27.0. The third-order valence-corrected chi connectivity index (χ3v) is 13.3. The normalized spacial score (nSPS) is 36.0. The first kappa shape index (κ1) is 44.7. The molecule has 13 atom stereocenters. The maximum atomic E-state index is 14.5. The molecule has 5 aliphatic rings. The van der Waals surface area contributed by atoms with Gasteiger partial charge in [0.2, 0.25) is 0 Å². The van der Waals surface area contributed by atoms with Crippen LogP contribution in [0, 0.1) is 28.6 Å². The molecule has 2 saturated carbocycles. The molecule has 14 heteroatoms. The van der Waals surface area contributed by atoms with E-state index in [9.17, 15) is 29.4 Å². The maximum absolute atomic E-state index is 14.5. The number of rotatable bonds is 11. The molecule has 2 saturated heterocycles. The van der Waals surface area contributed by atoms with Crippen molar-refractivity contribution < 1.29 is 62.5 Å². The van der Waals surface area contributed by atoms with Gasteiger partial charge in [-0.1, -0.05) is 52.5 Å². The number of hydrogen-bond donors (Lipinski definition) is 3. The van der Waals surface area contributed by atoms with Gasteiger partial charge < -0.3 is 48.7 Å². The number of hydrogen-bond acceptors (Lipinski definition) is 13. The van der Waals surface area contributed by atoms with Crippen LogP contribution in [-0.4, -0.2) is 107 Å². The highest BCUT2D eigenvalue weighted by Gasteiger charge is 2.80. The molecule has 14 nitrogen and oxygen atoms in total. The Kier molecular flexibility index (Phi) is 12.1. The summed E-state index contributed by atoms with van der Waals surface area (Å²) in [6, 6.07) is 7.43. The number of esters is 3. The fraction of sp³-hybridized carbons (Fsp3) is 0.689. The topological polar surface area (TPSA) is 185 Å². The van der Waals surface area contributed by atoms with Crippen molar-refractivity contribution in [2.24, 2.45) is 28.6 Å². The molecule has 0 spiro atoms. The van der Waals surface area contributed by atoms with Crippen molar-refractivity contribution >= 4 is 24.0 Å². The van der Waals surface area contributed by atoms with Gasteiger partial charge >= 0.3 is 24.0 Å². The van der Waals surface area contributed by atoms with Gasteiger partial charge in [-0.05, 0) is 83.2 Å². The zero-order valence-electron chi connectivity index (χ0n) is 36.2. The van der Waals surface area contributed by atoms with Crippen molar-refractivity contribution in [3.8, 4) is 0 Å². The van der Waals surface area contributed by atoms with Gasteiger partial charge in [0, 0.05) is 31.1 Å². The molecule has 3 N–H and O–H groups in total. The van der Waals surface area contributed by atoms with Crippen LogP contribution in [-0.2, 0) is 42.7 Å². The van der Waals surface area contributed by atoms with E-state index < -0.39 is 112 Å². The number of ether oxygens (including phenoxy) is 7. The second kappa shape index (κ2) is 15.9. The molecule has 1 unspecified atom stereocenters. The minimum atomic E-state index is -1.79. The monoisotopic (exact) mass is 825 g/mol. The first-order valence-electron chi connectivity index (χ1n) is 20.7. The molecular weight excluding hydrogens is 762 g/mol. The quantitative estimate of drug-likeness (QED) is 0.143. The SMILES string of the molecule is C=C[C@@H]1OC2[C@@H](C)C3=C(C)[C@@H](OC(=O)[C@H](O)[C@H](CC(C)C)NC(=O)OC(C)(C)C)C[C@@]3(C(C)(C)O)[C@@H](OC(=O)c3ccccc3)[C@@H]3[C@]4(OC(C)=O)CO[C@@H]4C[C@H](O1)[C@@]23C. The molecule has 3 aliphatic carbocycles. The molecule has 0 aromatic heterocycles. The summed E-state index contributed by atoms with van der Waals surface area (Å²) in [5.74, 6) is -3.69. The van der Waals surface area contributed by atoms with Crippen molar-refractivity contribution in [3.05, 3.63) is 59.7 Å². The Hall–Kier alpha value is -3.82. The highest BCUT2D eigenvalue weighted by atomic mass is 16.7. The third-order valence-electron chi connectivity index (χ3n) is 13.3. The van der Waals surface area contributed by atoms with Gasteiger partial charge in [-0.2, -0.15) is 0 Å². The lowest BCUT2D eigenvalue weighted by atomic mass is 9.49. The minimum Gasteiger partial charge on any atom is -0.457 e. The molecule has 2 aliphatic heterocycles. The molecule has 1 aromatic carbocycles. The number of alkyl carbamates (subject to hydrolysis) is 1. The van der Waals surface area contributed by atoms with E-state index >= 15 is 0 Å². The van der Waals surface area contributed by atoms with Crippen LogP contribution in [0.4, 0.5) is 4.79 Å². The number of carbonyl (C=O) groups is 4. The first-order chi connectivity index (χ1) is 27.4. The van der Waals surface area contributed by atoms with Crippen LogP contribution in [0.1, 0.15) is 106 Å².